The maximum Gasteiger partial charge on any atom is 0.391 e. The van der Waals surface area contributed by atoms with Crippen molar-refractivity contribution in [3.8, 4) is 0 Å². The van der Waals surface area contributed by atoms with Gasteiger partial charge in [0.2, 0.25) is 5.91 Å². The first-order valence-corrected chi connectivity index (χ1v) is 8.78. The van der Waals surface area contributed by atoms with Gasteiger partial charge in [-0.3, -0.25) is 4.79 Å². The highest BCUT2D eigenvalue weighted by Gasteiger charge is 2.43. The topological polar surface area (TPSA) is 29.1 Å². The zero-order chi connectivity index (χ0) is 15.5. The lowest BCUT2D eigenvalue weighted by molar-refractivity contribution is -0.186. The molecule has 0 saturated heterocycles. The standard InChI is InChI=1S/C15H23BrF3NO/c16-13-7-2-1-4-11(13)9-20-14(21)10-5-3-6-12(8-10)15(17,18)19/h10-13H,1-9H2,(H,20,21). The molecule has 0 aromatic rings. The fraction of sp³-hybridized carbons (Fsp3) is 0.933. The van der Waals surface area contributed by atoms with Crippen LogP contribution < -0.4 is 5.32 Å². The zero-order valence-corrected chi connectivity index (χ0v) is 13.7. The van der Waals surface area contributed by atoms with Crippen molar-refractivity contribution in [2.75, 3.05) is 6.54 Å². The van der Waals surface area contributed by atoms with E-state index in [0.29, 0.717) is 30.1 Å². The van der Waals surface area contributed by atoms with Crippen LogP contribution in [0.1, 0.15) is 51.4 Å². The number of amides is 1. The molecule has 0 bridgehead atoms. The Hall–Kier alpha value is -0.260. The number of carbonyl (C=O) groups is 1. The number of nitrogens with one attached hydrogen (secondary N) is 1. The van der Waals surface area contributed by atoms with Gasteiger partial charge in [-0.05, 0) is 38.0 Å². The fourth-order valence-corrected chi connectivity index (χ4v) is 4.27. The molecule has 2 rings (SSSR count). The van der Waals surface area contributed by atoms with Gasteiger partial charge >= 0.3 is 6.18 Å². The van der Waals surface area contributed by atoms with E-state index < -0.39 is 18.0 Å². The molecule has 1 N–H and O–H groups in total. The van der Waals surface area contributed by atoms with Crippen LogP contribution in [0.5, 0.6) is 0 Å². The van der Waals surface area contributed by atoms with Crippen LogP contribution in [0.25, 0.3) is 0 Å². The van der Waals surface area contributed by atoms with E-state index in [2.05, 4.69) is 21.2 Å². The van der Waals surface area contributed by atoms with Gasteiger partial charge in [0, 0.05) is 17.3 Å². The largest absolute Gasteiger partial charge is 0.391 e. The van der Waals surface area contributed by atoms with Crippen molar-refractivity contribution in [1.82, 2.24) is 5.32 Å². The minimum Gasteiger partial charge on any atom is -0.356 e. The van der Waals surface area contributed by atoms with E-state index in [0.717, 1.165) is 12.8 Å². The molecule has 1 amide bonds. The minimum absolute atomic E-state index is 0.0439. The van der Waals surface area contributed by atoms with Crippen LogP contribution >= 0.6 is 15.9 Å². The first kappa shape index (κ1) is 17.1. The number of halogens is 4. The summed E-state index contributed by atoms with van der Waals surface area (Å²) >= 11 is 3.64. The lowest BCUT2D eigenvalue weighted by Crippen LogP contribution is -2.40. The Bertz CT molecular complexity index is 361. The van der Waals surface area contributed by atoms with Crippen molar-refractivity contribution >= 4 is 21.8 Å². The Kier molecular flexibility index (Phi) is 5.97. The molecule has 2 fully saturated rings. The van der Waals surface area contributed by atoms with Crippen LogP contribution in [0.3, 0.4) is 0 Å². The summed E-state index contributed by atoms with van der Waals surface area (Å²) in [5, 5.41) is 2.89. The van der Waals surface area contributed by atoms with Gasteiger partial charge in [-0.2, -0.15) is 13.2 Å². The maximum atomic E-state index is 12.8. The van der Waals surface area contributed by atoms with Gasteiger partial charge in [0.25, 0.3) is 0 Å². The second-order valence-electron chi connectivity index (χ2n) is 6.41. The van der Waals surface area contributed by atoms with Crippen LogP contribution in [-0.4, -0.2) is 23.5 Å². The minimum atomic E-state index is -4.16. The second kappa shape index (κ2) is 7.34. The third-order valence-electron chi connectivity index (χ3n) is 4.86. The average molecular weight is 370 g/mol. The summed E-state index contributed by atoms with van der Waals surface area (Å²) in [6, 6.07) is 0. The molecular weight excluding hydrogens is 347 g/mol. The fourth-order valence-electron chi connectivity index (χ4n) is 3.49. The zero-order valence-electron chi connectivity index (χ0n) is 12.1. The summed E-state index contributed by atoms with van der Waals surface area (Å²) in [6.07, 6.45) is 1.60. The summed E-state index contributed by atoms with van der Waals surface area (Å²) in [7, 11) is 0. The van der Waals surface area contributed by atoms with Crippen molar-refractivity contribution in [2.24, 2.45) is 17.8 Å². The summed E-state index contributed by atoms with van der Waals surface area (Å²) in [5.74, 6) is -1.55. The van der Waals surface area contributed by atoms with E-state index in [1.807, 2.05) is 0 Å². The van der Waals surface area contributed by atoms with Crippen LogP contribution in [0.15, 0.2) is 0 Å². The molecule has 0 spiro atoms. The van der Waals surface area contributed by atoms with Crippen LogP contribution in [0.4, 0.5) is 13.2 Å². The third kappa shape index (κ3) is 4.86. The lowest BCUT2D eigenvalue weighted by Gasteiger charge is -2.31. The Morgan fingerprint density at radius 1 is 1.10 bits per heavy atom. The van der Waals surface area contributed by atoms with Gasteiger partial charge in [-0.15, -0.1) is 0 Å². The van der Waals surface area contributed by atoms with Crippen molar-refractivity contribution in [1.29, 1.82) is 0 Å². The van der Waals surface area contributed by atoms with Crippen molar-refractivity contribution < 1.29 is 18.0 Å². The maximum absolute atomic E-state index is 12.8. The average Bonchev–Trinajstić information content (AvgIpc) is 2.45. The number of carbonyl (C=O) groups excluding carboxylic acids is 1. The summed E-state index contributed by atoms with van der Waals surface area (Å²) in [6.45, 7) is 0.585. The van der Waals surface area contributed by atoms with Gasteiger partial charge in [0.15, 0.2) is 0 Å². The van der Waals surface area contributed by atoms with Crippen molar-refractivity contribution in [3.05, 3.63) is 0 Å². The van der Waals surface area contributed by atoms with E-state index in [1.54, 1.807) is 0 Å². The molecule has 0 aromatic heterocycles. The lowest BCUT2D eigenvalue weighted by atomic mass is 9.80. The quantitative estimate of drug-likeness (QED) is 0.732. The molecule has 0 aromatic carbocycles. The predicted molar refractivity (Wildman–Crippen MR) is 79.2 cm³/mol. The van der Waals surface area contributed by atoms with E-state index in [4.69, 9.17) is 0 Å². The molecule has 6 heteroatoms. The van der Waals surface area contributed by atoms with E-state index >= 15 is 0 Å². The van der Waals surface area contributed by atoms with Crippen LogP contribution in [0, 0.1) is 17.8 Å². The highest BCUT2D eigenvalue weighted by Crippen LogP contribution is 2.40. The Balaban J connectivity index is 1.80. The molecule has 2 nitrogen and oxygen atoms in total. The normalized spacial score (nSPS) is 34.5. The Morgan fingerprint density at radius 2 is 1.81 bits per heavy atom. The molecule has 122 valence electrons. The van der Waals surface area contributed by atoms with Gasteiger partial charge in [-0.25, -0.2) is 0 Å². The van der Waals surface area contributed by atoms with Gasteiger partial charge in [0.05, 0.1) is 5.92 Å². The summed E-state index contributed by atoms with van der Waals surface area (Å²) in [4.78, 5) is 12.5. The van der Waals surface area contributed by atoms with Gasteiger partial charge in [0.1, 0.15) is 0 Å². The molecular formula is C15H23BrF3NO. The highest BCUT2D eigenvalue weighted by atomic mass is 79.9. The monoisotopic (exact) mass is 369 g/mol. The van der Waals surface area contributed by atoms with E-state index in [-0.39, 0.29) is 18.7 Å². The van der Waals surface area contributed by atoms with Gasteiger partial charge in [-0.1, -0.05) is 35.2 Å². The van der Waals surface area contributed by atoms with Crippen LogP contribution in [0.2, 0.25) is 0 Å². The first-order valence-electron chi connectivity index (χ1n) is 7.86. The van der Waals surface area contributed by atoms with E-state index in [1.165, 1.54) is 12.8 Å². The number of hydrogen-bond donors (Lipinski definition) is 1. The third-order valence-corrected chi connectivity index (χ3v) is 6.07. The summed E-state index contributed by atoms with van der Waals surface area (Å²) < 4.78 is 38.3. The predicted octanol–water partition coefficient (Wildman–Crippen LogP) is 4.43. The van der Waals surface area contributed by atoms with Crippen LogP contribution in [-0.2, 0) is 4.79 Å². The second-order valence-corrected chi connectivity index (χ2v) is 7.58. The highest BCUT2D eigenvalue weighted by molar-refractivity contribution is 9.09. The SMILES string of the molecule is O=C(NCC1CCCCC1Br)C1CCCC(C(F)(F)F)C1. The van der Waals surface area contributed by atoms with Crippen molar-refractivity contribution in [3.63, 3.8) is 0 Å². The first-order chi connectivity index (χ1) is 9.88. The molecule has 21 heavy (non-hydrogen) atoms. The molecule has 2 saturated carbocycles. The van der Waals surface area contributed by atoms with Gasteiger partial charge < -0.3 is 5.32 Å². The number of hydrogen-bond acceptors (Lipinski definition) is 1. The number of alkyl halides is 4. The molecule has 2 aliphatic rings. The molecule has 4 unspecified atom stereocenters. The molecule has 0 radical (unpaired) electrons. The van der Waals surface area contributed by atoms with E-state index in [9.17, 15) is 18.0 Å². The van der Waals surface area contributed by atoms with Crippen molar-refractivity contribution in [2.45, 2.75) is 62.4 Å². The Labute approximate surface area is 132 Å². The molecule has 2 aliphatic carbocycles. The summed E-state index contributed by atoms with van der Waals surface area (Å²) in [5.41, 5.74) is 0. The number of rotatable bonds is 3. The molecule has 0 aliphatic heterocycles. The molecule has 4 atom stereocenters. The smallest absolute Gasteiger partial charge is 0.356 e. The Morgan fingerprint density at radius 3 is 2.48 bits per heavy atom. The molecule has 0 heterocycles.